The van der Waals surface area contributed by atoms with Crippen molar-refractivity contribution in [3.8, 4) is 0 Å². The summed E-state index contributed by atoms with van der Waals surface area (Å²) in [6.45, 7) is 4.21. The van der Waals surface area contributed by atoms with Crippen molar-refractivity contribution < 1.29 is 14.3 Å². The maximum Gasteiger partial charge on any atom is 0.253 e. The second kappa shape index (κ2) is 7.13. The van der Waals surface area contributed by atoms with Crippen LogP contribution in [0.1, 0.15) is 34.8 Å². The van der Waals surface area contributed by atoms with E-state index in [1.807, 2.05) is 48.5 Å². The third-order valence-electron chi connectivity index (χ3n) is 5.10. The van der Waals surface area contributed by atoms with Crippen LogP contribution in [0.5, 0.6) is 0 Å². The molecule has 0 aromatic heterocycles. The molecule has 6 heteroatoms. The van der Waals surface area contributed by atoms with Crippen LogP contribution in [-0.4, -0.2) is 35.5 Å². The molecule has 2 N–H and O–H groups in total. The van der Waals surface area contributed by atoms with Crippen LogP contribution in [-0.2, 0) is 22.7 Å². The Bertz CT molecular complexity index is 865. The Kier molecular flexibility index (Phi) is 4.68. The molecule has 0 aliphatic carbocycles. The quantitative estimate of drug-likeness (QED) is 0.877. The lowest BCUT2D eigenvalue weighted by Gasteiger charge is -2.29. The van der Waals surface area contributed by atoms with Crippen molar-refractivity contribution in [2.75, 3.05) is 18.4 Å². The first-order valence-electron chi connectivity index (χ1n) is 9.16. The first kappa shape index (κ1) is 17.7. The van der Waals surface area contributed by atoms with Gasteiger partial charge in [-0.25, -0.2) is 0 Å². The highest BCUT2D eigenvalue weighted by Gasteiger charge is 2.42. The molecular weight excluding hydrogens is 342 g/mol. The summed E-state index contributed by atoms with van der Waals surface area (Å²) in [6, 6.07) is 15.4. The lowest BCUT2D eigenvalue weighted by Crippen LogP contribution is -2.51. The van der Waals surface area contributed by atoms with Gasteiger partial charge in [0.15, 0.2) is 5.72 Å². The van der Waals surface area contributed by atoms with E-state index in [0.717, 1.165) is 36.3 Å². The molecule has 0 saturated carbocycles. The van der Waals surface area contributed by atoms with Gasteiger partial charge in [0.1, 0.15) is 0 Å². The minimum absolute atomic E-state index is 0.0652. The molecule has 0 radical (unpaired) electrons. The van der Waals surface area contributed by atoms with Crippen molar-refractivity contribution in [2.24, 2.45) is 0 Å². The van der Waals surface area contributed by atoms with Crippen molar-refractivity contribution >= 4 is 17.5 Å². The smallest absolute Gasteiger partial charge is 0.253 e. The highest BCUT2D eigenvalue weighted by atomic mass is 16.5. The summed E-state index contributed by atoms with van der Waals surface area (Å²) in [5, 5.41) is 5.88. The first-order valence-corrected chi connectivity index (χ1v) is 9.16. The van der Waals surface area contributed by atoms with Gasteiger partial charge in [0.05, 0.1) is 6.61 Å². The Morgan fingerprint density at radius 1 is 1.22 bits per heavy atom. The van der Waals surface area contributed by atoms with Crippen molar-refractivity contribution in [1.82, 2.24) is 10.2 Å². The van der Waals surface area contributed by atoms with Crippen LogP contribution in [0.2, 0.25) is 0 Å². The molecule has 6 nitrogen and oxygen atoms in total. The maximum atomic E-state index is 12.6. The van der Waals surface area contributed by atoms with Crippen LogP contribution < -0.4 is 10.6 Å². The molecule has 2 aromatic carbocycles. The summed E-state index contributed by atoms with van der Waals surface area (Å²) in [5.41, 5.74) is 2.94. The predicted molar refractivity (Wildman–Crippen MR) is 102 cm³/mol. The van der Waals surface area contributed by atoms with E-state index in [1.54, 1.807) is 0 Å². The highest BCUT2D eigenvalue weighted by molar-refractivity contribution is 5.96. The number of anilines is 1. The lowest BCUT2D eigenvalue weighted by atomic mass is 10.1. The summed E-state index contributed by atoms with van der Waals surface area (Å²) < 4.78 is 6.16. The minimum Gasteiger partial charge on any atom is -0.350 e. The van der Waals surface area contributed by atoms with Crippen molar-refractivity contribution in [3.05, 3.63) is 65.2 Å². The van der Waals surface area contributed by atoms with E-state index in [0.29, 0.717) is 18.7 Å². The van der Waals surface area contributed by atoms with Crippen LogP contribution >= 0.6 is 0 Å². The molecule has 2 aromatic rings. The molecule has 1 unspecified atom stereocenters. The number of ether oxygens (including phenoxy) is 1. The van der Waals surface area contributed by atoms with E-state index < -0.39 is 5.72 Å². The van der Waals surface area contributed by atoms with Gasteiger partial charge in [-0.3, -0.25) is 14.5 Å². The van der Waals surface area contributed by atoms with Crippen LogP contribution in [0.4, 0.5) is 5.69 Å². The number of hydrogen-bond acceptors (Lipinski definition) is 4. The SMILES string of the molecule is CC(=O)Nc1ccc(CN2CCC3(C2)NC(=O)c2ccccc2CO3)cc1. The van der Waals surface area contributed by atoms with Crippen molar-refractivity contribution in [2.45, 2.75) is 32.2 Å². The third-order valence-corrected chi connectivity index (χ3v) is 5.10. The number of fused-ring (bicyclic) bond motifs is 1. The van der Waals surface area contributed by atoms with Gasteiger partial charge in [-0.15, -0.1) is 0 Å². The molecule has 2 aliphatic rings. The fraction of sp³-hybridized carbons (Fsp3) is 0.333. The summed E-state index contributed by atoms with van der Waals surface area (Å²) >= 11 is 0. The molecule has 4 rings (SSSR count). The molecule has 1 spiro atoms. The number of carbonyl (C=O) groups excluding carboxylic acids is 2. The Labute approximate surface area is 158 Å². The fourth-order valence-electron chi connectivity index (χ4n) is 3.76. The van der Waals surface area contributed by atoms with Gasteiger partial charge >= 0.3 is 0 Å². The normalized spacial score (nSPS) is 22.2. The number of likely N-dealkylation sites (tertiary alicyclic amines) is 1. The summed E-state index contributed by atoms with van der Waals surface area (Å²) in [6.07, 6.45) is 0.761. The molecule has 1 saturated heterocycles. The maximum absolute atomic E-state index is 12.6. The van der Waals surface area contributed by atoms with Crippen molar-refractivity contribution in [3.63, 3.8) is 0 Å². The van der Waals surface area contributed by atoms with E-state index in [4.69, 9.17) is 4.74 Å². The molecule has 1 fully saturated rings. The van der Waals surface area contributed by atoms with E-state index in [2.05, 4.69) is 15.5 Å². The number of hydrogen-bond donors (Lipinski definition) is 2. The van der Waals surface area contributed by atoms with Gasteiger partial charge in [-0.2, -0.15) is 0 Å². The number of rotatable bonds is 3. The number of amides is 2. The van der Waals surface area contributed by atoms with E-state index in [1.165, 1.54) is 6.92 Å². The van der Waals surface area contributed by atoms with E-state index >= 15 is 0 Å². The Hall–Kier alpha value is -2.70. The van der Waals surface area contributed by atoms with Gasteiger partial charge in [0.25, 0.3) is 5.91 Å². The zero-order chi connectivity index (χ0) is 18.9. The molecule has 0 bridgehead atoms. The predicted octanol–water partition coefficient (Wildman–Crippen LogP) is 2.51. The van der Waals surface area contributed by atoms with Gasteiger partial charge < -0.3 is 15.4 Å². The standard InChI is InChI=1S/C21H23N3O3/c1-15(25)22-18-8-6-16(7-9-18)12-24-11-10-21(14-24)23-20(26)19-5-3-2-4-17(19)13-27-21/h2-9H,10-14H2,1H3,(H,22,25)(H,23,26). The molecule has 2 aliphatic heterocycles. The van der Waals surface area contributed by atoms with Crippen molar-refractivity contribution in [1.29, 1.82) is 0 Å². The second-order valence-electron chi connectivity index (χ2n) is 7.23. The third kappa shape index (κ3) is 3.86. The summed E-state index contributed by atoms with van der Waals surface area (Å²) in [4.78, 5) is 26.0. The van der Waals surface area contributed by atoms with Crippen LogP contribution in [0.3, 0.4) is 0 Å². The first-order chi connectivity index (χ1) is 13.0. The topological polar surface area (TPSA) is 70.7 Å². The average molecular weight is 365 g/mol. The molecule has 1 atom stereocenters. The molecular formula is C21H23N3O3. The molecule has 2 amide bonds. The van der Waals surface area contributed by atoms with Gasteiger partial charge in [0, 0.05) is 44.2 Å². The number of carbonyl (C=O) groups is 2. The Balaban J connectivity index is 1.41. The van der Waals surface area contributed by atoms with Crippen LogP contribution in [0, 0.1) is 0 Å². The molecule has 2 heterocycles. The van der Waals surface area contributed by atoms with E-state index in [9.17, 15) is 9.59 Å². The number of benzene rings is 2. The average Bonchev–Trinajstić information content (AvgIpc) is 2.97. The zero-order valence-electron chi connectivity index (χ0n) is 15.3. The van der Waals surface area contributed by atoms with Crippen LogP contribution in [0.15, 0.2) is 48.5 Å². The van der Waals surface area contributed by atoms with Gasteiger partial charge in [-0.05, 0) is 29.3 Å². The Morgan fingerprint density at radius 2 is 2.00 bits per heavy atom. The fourth-order valence-corrected chi connectivity index (χ4v) is 3.76. The number of nitrogens with zero attached hydrogens (tertiary/aromatic N) is 1. The van der Waals surface area contributed by atoms with Crippen LogP contribution in [0.25, 0.3) is 0 Å². The monoisotopic (exact) mass is 365 g/mol. The minimum atomic E-state index is -0.633. The zero-order valence-corrected chi connectivity index (χ0v) is 15.3. The molecule has 140 valence electrons. The van der Waals surface area contributed by atoms with E-state index in [-0.39, 0.29) is 11.8 Å². The molecule has 27 heavy (non-hydrogen) atoms. The lowest BCUT2D eigenvalue weighted by molar-refractivity contribution is -0.114. The largest absolute Gasteiger partial charge is 0.350 e. The second-order valence-corrected chi connectivity index (χ2v) is 7.23. The summed E-state index contributed by atoms with van der Waals surface area (Å²) in [7, 11) is 0. The van der Waals surface area contributed by atoms with Gasteiger partial charge in [0.2, 0.25) is 5.91 Å². The highest BCUT2D eigenvalue weighted by Crippen LogP contribution is 2.29. The Morgan fingerprint density at radius 3 is 2.78 bits per heavy atom. The summed E-state index contributed by atoms with van der Waals surface area (Å²) in [5.74, 6) is -0.143. The number of nitrogens with one attached hydrogen (secondary N) is 2. The van der Waals surface area contributed by atoms with Gasteiger partial charge in [-0.1, -0.05) is 30.3 Å².